The quantitative estimate of drug-likeness (QED) is 0.703. The highest BCUT2D eigenvalue weighted by Crippen LogP contribution is 2.31. The number of methoxy groups -OCH3 is 1. The molecular formula is C21H24F2N2O4. The lowest BCUT2D eigenvalue weighted by Gasteiger charge is -2.36. The second-order valence-corrected chi connectivity index (χ2v) is 6.42. The van der Waals surface area contributed by atoms with E-state index in [-0.39, 0.29) is 24.0 Å². The van der Waals surface area contributed by atoms with Crippen LogP contribution in [-0.2, 0) is 0 Å². The van der Waals surface area contributed by atoms with Crippen molar-refractivity contribution in [1.29, 1.82) is 0 Å². The van der Waals surface area contributed by atoms with Gasteiger partial charge in [0.1, 0.15) is 5.75 Å². The molecule has 6 nitrogen and oxygen atoms in total. The van der Waals surface area contributed by atoms with Crippen molar-refractivity contribution < 1.29 is 27.8 Å². The summed E-state index contributed by atoms with van der Waals surface area (Å²) in [6.07, 6.45) is 0. The molecule has 0 saturated carbocycles. The Morgan fingerprint density at radius 2 is 1.76 bits per heavy atom. The number of ether oxygens (including phenoxy) is 3. The van der Waals surface area contributed by atoms with Crippen molar-refractivity contribution in [3.8, 4) is 17.2 Å². The maximum atomic E-state index is 12.9. The van der Waals surface area contributed by atoms with Gasteiger partial charge in [0, 0.05) is 31.7 Å². The summed E-state index contributed by atoms with van der Waals surface area (Å²) >= 11 is 0. The number of piperazine rings is 1. The van der Waals surface area contributed by atoms with Gasteiger partial charge in [0.25, 0.3) is 5.91 Å². The van der Waals surface area contributed by atoms with Gasteiger partial charge in [0.15, 0.2) is 11.5 Å². The van der Waals surface area contributed by atoms with Crippen molar-refractivity contribution in [2.24, 2.45) is 0 Å². The van der Waals surface area contributed by atoms with Gasteiger partial charge in [-0.05, 0) is 37.3 Å². The zero-order valence-corrected chi connectivity index (χ0v) is 16.4. The molecule has 1 amide bonds. The molecule has 1 saturated heterocycles. The number of nitrogens with zero attached hydrogens (tertiary/aromatic N) is 2. The smallest absolute Gasteiger partial charge is 0.387 e. The average molecular weight is 406 g/mol. The number of amides is 1. The summed E-state index contributed by atoms with van der Waals surface area (Å²) in [4.78, 5) is 16.8. The van der Waals surface area contributed by atoms with Crippen LogP contribution in [0, 0.1) is 0 Å². The van der Waals surface area contributed by atoms with Gasteiger partial charge in [-0.15, -0.1) is 0 Å². The predicted octanol–water partition coefficient (Wildman–Crippen LogP) is 3.66. The lowest BCUT2D eigenvalue weighted by Crippen LogP contribution is -2.48. The van der Waals surface area contributed by atoms with Crippen molar-refractivity contribution in [3.63, 3.8) is 0 Å². The molecule has 1 aliphatic rings. The van der Waals surface area contributed by atoms with Crippen molar-refractivity contribution in [2.45, 2.75) is 13.5 Å². The van der Waals surface area contributed by atoms with Crippen LogP contribution in [0.5, 0.6) is 17.2 Å². The van der Waals surface area contributed by atoms with Crippen LogP contribution in [0.4, 0.5) is 14.5 Å². The molecule has 0 spiro atoms. The molecule has 0 unspecified atom stereocenters. The number of carbonyl (C=O) groups is 1. The Balaban J connectivity index is 1.69. The fraction of sp³-hybridized carbons (Fsp3) is 0.381. The van der Waals surface area contributed by atoms with Crippen LogP contribution in [0.25, 0.3) is 0 Å². The minimum absolute atomic E-state index is 0.0839. The van der Waals surface area contributed by atoms with Crippen LogP contribution in [-0.4, -0.2) is 57.3 Å². The van der Waals surface area contributed by atoms with Crippen LogP contribution < -0.4 is 19.1 Å². The van der Waals surface area contributed by atoms with Gasteiger partial charge >= 0.3 is 6.61 Å². The Bertz CT molecular complexity index is 839. The molecule has 8 heteroatoms. The number of hydrogen-bond donors (Lipinski definition) is 0. The first-order chi connectivity index (χ1) is 14.0. The molecular weight excluding hydrogens is 382 g/mol. The SMILES string of the molecule is CCOc1cc(C(=O)N2CCN(c3ccccc3OC)CC2)ccc1OC(F)F. The molecule has 0 atom stereocenters. The molecule has 0 radical (unpaired) electrons. The summed E-state index contributed by atoms with van der Waals surface area (Å²) in [6, 6.07) is 12.0. The lowest BCUT2D eigenvalue weighted by molar-refractivity contribution is -0.0514. The number of anilines is 1. The van der Waals surface area contributed by atoms with Crippen molar-refractivity contribution in [2.75, 3.05) is 44.8 Å². The van der Waals surface area contributed by atoms with E-state index in [9.17, 15) is 13.6 Å². The van der Waals surface area contributed by atoms with E-state index in [1.165, 1.54) is 18.2 Å². The third-order valence-corrected chi connectivity index (χ3v) is 4.70. The monoisotopic (exact) mass is 406 g/mol. The van der Waals surface area contributed by atoms with E-state index in [4.69, 9.17) is 9.47 Å². The minimum atomic E-state index is -2.96. The highest BCUT2D eigenvalue weighted by molar-refractivity contribution is 5.95. The molecule has 1 heterocycles. The normalized spacial score (nSPS) is 14.1. The number of rotatable bonds is 7. The van der Waals surface area contributed by atoms with E-state index >= 15 is 0 Å². The van der Waals surface area contributed by atoms with E-state index in [2.05, 4.69) is 9.64 Å². The Kier molecular flexibility index (Phi) is 6.74. The fourth-order valence-corrected chi connectivity index (χ4v) is 3.33. The number of benzene rings is 2. The fourth-order valence-electron chi connectivity index (χ4n) is 3.33. The lowest BCUT2D eigenvalue weighted by atomic mass is 10.1. The molecule has 0 bridgehead atoms. The largest absolute Gasteiger partial charge is 0.495 e. The maximum absolute atomic E-state index is 12.9. The van der Waals surface area contributed by atoms with E-state index in [1.54, 1.807) is 18.9 Å². The first kappa shape index (κ1) is 20.7. The summed E-state index contributed by atoms with van der Waals surface area (Å²) in [5.41, 5.74) is 1.37. The number of para-hydroxylation sites is 2. The first-order valence-electron chi connectivity index (χ1n) is 9.42. The number of alkyl halides is 2. The molecule has 29 heavy (non-hydrogen) atoms. The molecule has 3 rings (SSSR count). The maximum Gasteiger partial charge on any atom is 0.387 e. The molecule has 1 aliphatic heterocycles. The Hall–Kier alpha value is -3.03. The van der Waals surface area contributed by atoms with Gasteiger partial charge in [0.2, 0.25) is 0 Å². The first-order valence-corrected chi connectivity index (χ1v) is 9.42. The second kappa shape index (κ2) is 9.45. The number of carbonyl (C=O) groups excluding carboxylic acids is 1. The molecule has 0 aliphatic carbocycles. The number of halogens is 2. The standard InChI is InChI=1S/C21H24F2N2O4/c1-3-28-19-14-15(8-9-18(19)29-21(22)23)20(26)25-12-10-24(11-13-25)16-6-4-5-7-17(16)27-2/h4-9,14,21H,3,10-13H2,1-2H3. The van der Waals surface area contributed by atoms with Crippen LogP contribution in [0.2, 0.25) is 0 Å². The van der Waals surface area contributed by atoms with E-state index in [0.29, 0.717) is 31.7 Å². The topological polar surface area (TPSA) is 51.2 Å². The summed E-state index contributed by atoms with van der Waals surface area (Å²) in [5, 5.41) is 0. The van der Waals surface area contributed by atoms with Crippen molar-refractivity contribution >= 4 is 11.6 Å². The molecule has 2 aromatic carbocycles. The molecule has 1 fully saturated rings. The van der Waals surface area contributed by atoms with Gasteiger partial charge in [-0.3, -0.25) is 4.79 Å². The van der Waals surface area contributed by atoms with Gasteiger partial charge in [-0.1, -0.05) is 12.1 Å². The highest BCUT2D eigenvalue weighted by Gasteiger charge is 2.24. The van der Waals surface area contributed by atoms with E-state index in [1.807, 2.05) is 24.3 Å². The van der Waals surface area contributed by atoms with Crippen LogP contribution >= 0.6 is 0 Å². The van der Waals surface area contributed by atoms with Crippen LogP contribution in [0.1, 0.15) is 17.3 Å². The van der Waals surface area contributed by atoms with E-state index in [0.717, 1.165) is 11.4 Å². The average Bonchev–Trinajstić information content (AvgIpc) is 2.74. The third kappa shape index (κ3) is 4.88. The summed E-state index contributed by atoms with van der Waals surface area (Å²) in [6.45, 7) is 1.45. The zero-order valence-electron chi connectivity index (χ0n) is 16.4. The molecule has 0 N–H and O–H groups in total. The van der Waals surface area contributed by atoms with Gasteiger partial charge in [-0.25, -0.2) is 0 Å². The Morgan fingerprint density at radius 3 is 2.41 bits per heavy atom. The number of hydrogen-bond acceptors (Lipinski definition) is 5. The predicted molar refractivity (Wildman–Crippen MR) is 105 cm³/mol. The molecule has 2 aromatic rings. The third-order valence-electron chi connectivity index (χ3n) is 4.70. The van der Waals surface area contributed by atoms with Crippen LogP contribution in [0.3, 0.4) is 0 Å². The van der Waals surface area contributed by atoms with Gasteiger partial charge in [0.05, 0.1) is 19.4 Å². The zero-order chi connectivity index (χ0) is 20.8. The Labute approximate surface area is 168 Å². The second-order valence-electron chi connectivity index (χ2n) is 6.42. The van der Waals surface area contributed by atoms with Gasteiger partial charge < -0.3 is 24.0 Å². The van der Waals surface area contributed by atoms with E-state index < -0.39 is 6.61 Å². The minimum Gasteiger partial charge on any atom is -0.495 e. The van der Waals surface area contributed by atoms with Crippen molar-refractivity contribution in [3.05, 3.63) is 48.0 Å². The molecule has 0 aromatic heterocycles. The summed E-state index contributed by atoms with van der Waals surface area (Å²) in [5.74, 6) is 0.670. The van der Waals surface area contributed by atoms with Crippen molar-refractivity contribution in [1.82, 2.24) is 4.90 Å². The Morgan fingerprint density at radius 1 is 1.03 bits per heavy atom. The summed E-state index contributed by atoms with van der Waals surface area (Å²) in [7, 11) is 1.63. The van der Waals surface area contributed by atoms with Crippen LogP contribution in [0.15, 0.2) is 42.5 Å². The van der Waals surface area contributed by atoms with Gasteiger partial charge in [-0.2, -0.15) is 8.78 Å². The summed E-state index contributed by atoms with van der Waals surface area (Å²) < 4.78 is 40.4. The highest BCUT2D eigenvalue weighted by atomic mass is 19.3. The molecule has 156 valence electrons.